The summed E-state index contributed by atoms with van der Waals surface area (Å²) in [5, 5.41) is 0. The molecule has 1 aliphatic rings. The number of hydrogen-bond acceptors (Lipinski definition) is 3. The highest BCUT2D eigenvalue weighted by atomic mass is 16.5. The molecule has 96 valence electrons. The van der Waals surface area contributed by atoms with Gasteiger partial charge in [-0.15, -0.1) is 0 Å². The lowest BCUT2D eigenvalue weighted by molar-refractivity contribution is -0.149. The average Bonchev–Trinajstić information content (AvgIpc) is 2.34. The van der Waals surface area contributed by atoms with Gasteiger partial charge in [-0.3, -0.25) is 4.79 Å². The van der Waals surface area contributed by atoms with Crippen LogP contribution in [0.5, 0.6) is 0 Å². The molecule has 17 heavy (non-hydrogen) atoms. The largest absolute Gasteiger partial charge is 0.461 e. The van der Waals surface area contributed by atoms with Crippen molar-refractivity contribution in [2.75, 3.05) is 26.7 Å². The van der Waals surface area contributed by atoms with Gasteiger partial charge in [0.25, 0.3) is 0 Å². The monoisotopic (exact) mass is 237 g/mol. The highest BCUT2D eigenvalue weighted by molar-refractivity contribution is 5.73. The van der Waals surface area contributed by atoms with Crippen LogP contribution in [0.3, 0.4) is 0 Å². The molecule has 1 heterocycles. The predicted octanol–water partition coefficient (Wildman–Crippen LogP) is 2.39. The van der Waals surface area contributed by atoms with Gasteiger partial charge in [-0.05, 0) is 45.9 Å². The summed E-state index contributed by atoms with van der Waals surface area (Å²) in [7, 11) is 2.05. The van der Waals surface area contributed by atoms with Gasteiger partial charge in [-0.2, -0.15) is 0 Å². The zero-order valence-electron chi connectivity index (χ0n) is 11.1. The molecule has 0 saturated carbocycles. The summed E-state index contributed by atoms with van der Waals surface area (Å²) in [5.41, 5.74) is 1.05. The summed E-state index contributed by atoms with van der Waals surface area (Å²) in [5.74, 6) is -0.00198. The molecule has 0 aromatic rings. The number of likely N-dealkylation sites (tertiary alicyclic amines) is 1. The van der Waals surface area contributed by atoms with Crippen LogP contribution in [0.15, 0.2) is 23.8 Å². The fourth-order valence-electron chi connectivity index (χ4n) is 2.07. The third-order valence-corrected chi connectivity index (χ3v) is 3.09. The molecular formula is C14H23NO2. The fourth-order valence-corrected chi connectivity index (χ4v) is 2.07. The van der Waals surface area contributed by atoms with E-state index in [1.54, 1.807) is 0 Å². The Labute approximate surface area is 104 Å². The summed E-state index contributed by atoms with van der Waals surface area (Å²) in [6.45, 7) is 6.22. The first-order valence-corrected chi connectivity index (χ1v) is 6.30. The van der Waals surface area contributed by atoms with Crippen LogP contribution in [0, 0.1) is 5.92 Å². The van der Waals surface area contributed by atoms with Crippen molar-refractivity contribution < 1.29 is 9.53 Å². The average molecular weight is 237 g/mol. The molecule has 0 amide bonds. The summed E-state index contributed by atoms with van der Waals surface area (Å²) in [6, 6.07) is 0. The van der Waals surface area contributed by atoms with E-state index in [1.165, 1.54) is 0 Å². The quantitative estimate of drug-likeness (QED) is 0.555. The Kier molecular flexibility index (Phi) is 5.98. The molecule has 3 heteroatoms. The molecule has 1 atom stereocenters. The second-order valence-electron chi connectivity index (χ2n) is 4.57. The lowest BCUT2D eigenvalue weighted by Gasteiger charge is -2.28. The minimum Gasteiger partial charge on any atom is -0.461 e. The van der Waals surface area contributed by atoms with Crippen molar-refractivity contribution in [2.45, 2.75) is 26.7 Å². The van der Waals surface area contributed by atoms with Gasteiger partial charge >= 0.3 is 5.97 Å². The van der Waals surface area contributed by atoms with E-state index in [4.69, 9.17) is 4.74 Å². The Morgan fingerprint density at radius 2 is 2.24 bits per heavy atom. The Morgan fingerprint density at radius 1 is 1.47 bits per heavy atom. The second-order valence-corrected chi connectivity index (χ2v) is 4.57. The lowest BCUT2D eigenvalue weighted by Crippen LogP contribution is -2.37. The number of hydrogen-bond donors (Lipinski definition) is 0. The van der Waals surface area contributed by atoms with Gasteiger partial charge in [0, 0.05) is 6.54 Å². The van der Waals surface area contributed by atoms with Crippen molar-refractivity contribution in [1.29, 1.82) is 0 Å². The van der Waals surface area contributed by atoms with E-state index < -0.39 is 0 Å². The number of rotatable bonds is 4. The molecule has 0 bridgehead atoms. The highest BCUT2D eigenvalue weighted by Crippen LogP contribution is 2.16. The zero-order valence-corrected chi connectivity index (χ0v) is 11.1. The molecule has 0 aromatic carbocycles. The van der Waals surface area contributed by atoms with Crippen molar-refractivity contribution in [3.8, 4) is 0 Å². The normalized spacial score (nSPS) is 23.0. The van der Waals surface area contributed by atoms with E-state index in [2.05, 4.69) is 11.9 Å². The van der Waals surface area contributed by atoms with Crippen LogP contribution < -0.4 is 0 Å². The van der Waals surface area contributed by atoms with E-state index in [1.807, 2.05) is 32.1 Å². The van der Waals surface area contributed by atoms with E-state index >= 15 is 0 Å². The van der Waals surface area contributed by atoms with E-state index in [9.17, 15) is 4.79 Å². The smallest absolute Gasteiger partial charge is 0.310 e. The predicted molar refractivity (Wildman–Crippen MR) is 69.8 cm³/mol. The van der Waals surface area contributed by atoms with Crippen molar-refractivity contribution in [2.24, 2.45) is 5.92 Å². The summed E-state index contributed by atoms with van der Waals surface area (Å²) in [4.78, 5) is 14.1. The van der Waals surface area contributed by atoms with Gasteiger partial charge in [0.15, 0.2) is 0 Å². The van der Waals surface area contributed by atoms with E-state index in [0.29, 0.717) is 6.61 Å². The molecule has 1 aliphatic heterocycles. The maximum absolute atomic E-state index is 11.9. The molecule has 3 nitrogen and oxygen atoms in total. The number of ether oxygens (including phenoxy) is 1. The number of esters is 1. The zero-order chi connectivity index (χ0) is 12.7. The van der Waals surface area contributed by atoms with Gasteiger partial charge in [-0.1, -0.05) is 18.2 Å². The van der Waals surface area contributed by atoms with E-state index in [-0.39, 0.29) is 11.9 Å². The van der Waals surface area contributed by atoms with Crippen molar-refractivity contribution in [3.63, 3.8) is 0 Å². The maximum Gasteiger partial charge on any atom is 0.310 e. The Hall–Kier alpha value is -1.09. The molecule has 0 aliphatic carbocycles. The molecule has 0 aromatic heterocycles. The number of allylic oxidation sites excluding steroid dienone is 2. The first-order valence-electron chi connectivity index (χ1n) is 6.30. The number of nitrogens with zero attached hydrogens (tertiary/aromatic N) is 1. The van der Waals surface area contributed by atoms with Crippen LogP contribution in [0.25, 0.3) is 0 Å². The Morgan fingerprint density at radius 3 is 2.82 bits per heavy atom. The first-order chi connectivity index (χ1) is 8.17. The summed E-state index contributed by atoms with van der Waals surface area (Å²) < 4.78 is 5.35. The van der Waals surface area contributed by atoms with Crippen LogP contribution in [0.1, 0.15) is 26.7 Å². The summed E-state index contributed by atoms with van der Waals surface area (Å²) in [6.07, 6.45) is 7.94. The molecule has 0 N–H and O–H groups in total. The minimum absolute atomic E-state index is 0.0532. The van der Waals surface area contributed by atoms with Gasteiger partial charge in [0.1, 0.15) is 6.61 Å². The number of carbonyl (C=O) groups is 1. The molecule has 1 fully saturated rings. The molecule has 1 rings (SSSR count). The molecule has 1 unspecified atom stereocenters. The first kappa shape index (κ1) is 14.0. The Balaban J connectivity index is 2.38. The standard InChI is InChI=1S/C14H23NO2/c1-4-7-12(5-2)11-17-14(16)13-8-6-9-15(3)10-13/h4-5,7,13H,6,8-11H2,1-3H3/b7-4-,12-5+. The van der Waals surface area contributed by atoms with Crippen LogP contribution >= 0.6 is 0 Å². The van der Waals surface area contributed by atoms with Gasteiger partial charge in [0.05, 0.1) is 5.92 Å². The van der Waals surface area contributed by atoms with Crippen molar-refractivity contribution in [1.82, 2.24) is 4.90 Å². The van der Waals surface area contributed by atoms with Gasteiger partial charge < -0.3 is 9.64 Å². The van der Waals surface area contributed by atoms with E-state index in [0.717, 1.165) is 31.5 Å². The minimum atomic E-state index is -0.0552. The lowest BCUT2D eigenvalue weighted by atomic mass is 9.99. The van der Waals surface area contributed by atoms with Crippen molar-refractivity contribution in [3.05, 3.63) is 23.8 Å². The summed E-state index contributed by atoms with van der Waals surface area (Å²) >= 11 is 0. The SMILES string of the molecule is C/C=C\C(=C/C)COC(=O)C1CCCN(C)C1. The molecule has 0 spiro atoms. The highest BCUT2D eigenvalue weighted by Gasteiger charge is 2.25. The van der Waals surface area contributed by atoms with Crippen molar-refractivity contribution >= 4 is 5.97 Å². The molecule has 1 saturated heterocycles. The molecular weight excluding hydrogens is 214 g/mol. The van der Waals surface area contributed by atoms with Crippen LogP contribution in [-0.4, -0.2) is 37.6 Å². The third kappa shape index (κ3) is 4.73. The Bertz CT molecular complexity index is 307. The third-order valence-electron chi connectivity index (χ3n) is 3.09. The van der Waals surface area contributed by atoms with Crippen LogP contribution in [0.4, 0.5) is 0 Å². The fraction of sp³-hybridized carbons (Fsp3) is 0.643. The van der Waals surface area contributed by atoms with Crippen LogP contribution in [-0.2, 0) is 9.53 Å². The van der Waals surface area contributed by atoms with Crippen LogP contribution in [0.2, 0.25) is 0 Å². The second kappa shape index (κ2) is 7.28. The molecule has 0 radical (unpaired) electrons. The van der Waals surface area contributed by atoms with Gasteiger partial charge in [-0.25, -0.2) is 0 Å². The topological polar surface area (TPSA) is 29.5 Å². The maximum atomic E-state index is 11.9. The van der Waals surface area contributed by atoms with Gasteiger partial charge in [0.2, 0.25) is 0 Å². The number of piperidine rings is 1. The number of carbonyl (C=O) groups excluding carboxylic acids is 1.